The van der Waals surface area contributed by atoms with E-state index in [1.165, 1.54) is 0 Å². The molecule has 3 rings (SSSR count). The average Bonchev–Trinajstić information content (AvgIpc) is 2.74. The van der Waals surface area contributed by atoms with Crippen LogP contribution in [0.5, 0.6) is 0 Å². The zero-order valence-electron chi connectivity index (χ0n) is 15.2. The number of sulfone groups is 1. The summed E-state index contributed by atoms with van der Waals surface area (Å²) in [5.41, 5.74) is 1.47. The standard InChI is InChI=1S/C21H18ClN3O2S2/c22-17-11-13-18(14-12-17)24-21(28)25-20(16-7-3-1-4-8-16)23-15-29(26,27)19-9-5-2-6-10-19/h1-14H,15H2,(H2,23,24,25,28). The van der Waals surface area contributed by atoms with Crippen LogP contribution in [0, 0.1) is 0 Å². The van der Waals surface area contributed by atoms with Gasteiger partial charge in [0.15, 0.2) is 14.9 Å². The van der Waals surface area contributed by atoms with Gasteiger partial charge in [-0.1, -0.05) is 60.1 Å². The molecule has 0 spiro atoms. The fraction of sp³-hybridized carbons (Fsp3) is 0.0476. The van der Waals surface area contributed by atoms with E-state index in [-0.39, 0.29) is 10.0 Å². The minimum atomic E-state index is -3.57. The van der Waals surface area contributed by atoms with Gasteiger partial charge in [-0.15, -0.1) is 0 Å². The van der Waals surface area contributed by atoms with Crippen LogP contribution in [0.1, 0.15) is 5.56 Å². The van der Waals surface area contributed by atoms with E-state index < -0.39 is 15.7 Å². The Balaban J connectivity index is 1.80. The molecule has 0 amide bonds. The van der Waals surface area contributed by atoms with E-state index in [4.69, 9.17) is 23.8 Å². The topological polar surface area (TPSA) is 70.6 Å². The minimum Gasteiger partial charge on any atom is -0.332 e. The molecule has 29 heavy (non-hydrogen) atoms. The maximum Gasteiger partial charge on any atom is 0.198 e. The van der Waals surface area contributed by atoms with Crippen LogP contribution in [0.3, 0.4) is 0 Å². The van der Waals surface area contributed by atoms with Gasteiger partial charge in [-0.25, -0.2) is 8.42 Å². The van der Waals surface area contributed by atoms with Crippen molar-refractivity contribution < 1.29 is 8.42 Å². The Kier molecular flexibility index (Phi) is 6.98. The molecule has 148 valence electrons. The molecule has 5 nitrogen and oxygen atoms in total. The van der Waals surface area contributed by atoms with Crippen molar-refractivity contribution in [2.24, 2.45) is 4.99 Å². The third-order valence-corrected chi connectivity index (χ3v) is 5.79. The predicted molar refractivity (Wildman–Crippen MR) is 122 cm³/mol. The lowest BCUT2D eigenvalue weighted by molar-refractivity contribution is 0.596. The van der Waals surface area contributed by atoms with Gasteiger partial charge in [-0.2, -0.15) is 0 Å². The fourth-order valence-corrected chi connectivity index (χ4v) is 3.81. The molecular weight excluding hydrogens is 426 g/mol. The number of hydrogen-bond donors (Lipinski definition) is 2. The Morgan fingerprint density at radius 2 is 1.48 bits per heavy atom. The SMILES string of the molecule is O=S(=O)(CN=C(NC(=S)Nc1ccc(Cl)cc1)c1ccccc1)c1ccccc1. The van der Waals surface area contributed by atoms with Crippen LogP contribution in [-0.4, -0.2) is 25.2 Å². The first-order chi connectivity index (χ1) is 13.9. The molecule has 2 N–H and O–H groups in total. The number of anilines is 1. The van der Waals surface area contributed by atoms with Gasteiger partial charge < -0.3 is 10.6 Å². The van der Waals surface area contributed by atoms with Crippen LogP contribution in [0.2, 0.25) is 5.02 Å². The summed E-state index contributed by atoms with van der Waals surface area (Å²) in [7, 11) is -3.57. The summed E-state index contributed by atoms with van der Waals surface area (Å²) < 4.78 is 25.2. The number of benzene rings is 3. The number of halogens is 1. The predicted octanol–water partition coefficient (Wildman–Crippen LogP) is 4.50. The van der Waals surface area contributed by atoms with E-state index in [0.29, 0.717) is 10.9 Å². The summed E-state index contributed by atoms with van der Waals surface area (Å²) in [6.45, 7) is 0. The number of rotatable bonds is 5. The molecule has 3 aromatic rings. The van der Waals surface area contributed by atoms with E-state index in [1.807, 2.05) is 30.3 Å². The van der Waals surface area contributed by atoms with Crippen molar-refractivity contribution >= 4 is 50.3 Å². The van der Waals surface area contributed by atoms with Crippen molar-refractivity contribution in [3.63, 3.8) is 0 Å². The molecular formula is C21H18ClN3O2S2. The lowest BCUT2D eigenvalue weighted by Gasteiger charge is -2.13. The van der Waals surface area contributed by atoms with Crippen LogP contribution in [0.15, 0.2) is 94.8 Å². The molecule has 0 saturated heterocycles. The van der Waals surface area contributed by atoms with E-state index in [9.17, 15) is 8.42 Å². The molecule has 0 fully saturated rings. The number of nitrogens with zero attached hydrogens (tertiary/aromatic N) is 1. The molecule has 8 heteroatoms. The van der Waals surface area contributed by atoms with Crippen molar-refractivity contribution in [3.05, 3.63) is 95.5 Å². The van der Waals surface area contributed by atoms with Gasteiger partial charge in [0.05, 0.1) is 4.90 Å². The minimum absolute atomic E-state index is 0.220. The molecule has 0 aromatic heterocycles. The highest BCUT2D eigenvalue weighted by atomic mass is 35.5. The normalized spacial score (nSPS) is 11.7. The Morgan fingerprint density at radius 3 is 2.10 bits per heavy atom. The van der Waals surface area contributed by atoms with Crippen molar-refractivity contribution in [1.82, 2.24) is 5.32 Å². The first-order valence-electron chi connectivity index (χ1n) is 8.65. The van der Waals surface area contributed by atoms with Gasteiger partial charge in [0.2, 0.25) is 0 Å². The average molecular weight is 444 g/mol. The van der Waals surface area contributed by atoms with Crippen LogP contribution in [0.4, 0.5) is 5.69 Å². The van der Waals surface area contributed by atoms with E-state index in [2.05, 4.69) is 15.6 Å². The smallest absolute Gasteiger partial charge is 0.198 e. The van der Waals surface area contributed by atoms with Crippen LogP contribution < -0.4 is 10.6 Å². The zero-order chi connectivity index (χ0) is 20.7. The zero-order valence-corrected chi connectivity index (χ0v) is 17.6. The summed E-state index contributed by atoms with van der Waals surface area (Å²) in [5, 5.41) is 6.92. The molecule has 0 aliphatic rings. The summed E-state index contributed by atoms with van der Waals surface area (Å²) >= 11 is 11.3. The van der Waals surface area contributed by atoms with Crippen molar-refractivity contribution in [1.29, 1.82) is 0 Å². The molecule has 3 aromatic carbocycles. The maximum absolute atomic E-state index is 12.6. The number of nitrogens with one attached hydrogen (secondary N) is 2. The second-order valence-corrected chi connectivity index (χ2v) is 8.82. The largest absolute Gasteiger partial charge is 0.332 e. The maximum atomic E-state index is 12.6. The lowest BCUT2D eigenvalue weighted by atomic mass is 10.2. The van der Waals surface area contributed by atoms with Crippen LogP contribution in [-0.2, 0) is 9.84 Å². The third-order valence-electron chi connectivity index (χ3n) is 3.88. The Hall–Kier alpha value is -2.74. The Bertz CT molecular complexity index is 1100. The summed E-state index contributed by atoms with van der Waals surface area (Å²) in [4.78, 5) is 4.53. The summed E-state index contributed by atoms with van der Waals surface area (Å²) in [6, 6.07) is 24.5. The van der Waals surface area contributed by atoms with E-state index in [1.54, 1.807) is 54.6 Å². The number of amidine groups is 1. The highest BCUT2D eigenvalue weighted by Gasteiger charge is 2.14. The second kappa shape index (κ2) is 9.65. The van der Waals surface area contributed by atoms with Crippen molar-refractivity contribution in [3.8, 4) is 0 Å². The summed E-state index contributed by atoms with van der Waals surface area (Å²) in [5.74, 6) is -0.0470. The van der Waals surface area contributed by atoms with Gasteiger partial charge in [0.1, 0.15) is 11.7 Å². The molecule has 0 aliphatic carbocycles. The van der Waals surface area contributed by atoms with Gasteiger partial charge in [-0.05, 0) is 48.6 Å². The number of thiocarbonyl (C=S) groups is 1. The van der Waals surface area contributed by atoms with Gasteiger partial charge in [-0.3, -0.25) is 4.99 Å². The van der Waals surface area contributed by atoms with Crippen molar-refractivity contribution in [2.45, 2.75) is 4.90 Å². The van der Waals surface area contributed by atoms with E-state index in [0.717, 1.165) is 11.3 Å². The summed E-state index contributed by atoms with van der Waals surface area (Å²) in [6.07, 6.45) is 0. The van der Waals surface area contributed by atoms with Crippen molar-refractivity contribution in [2.75, 3.05) is 11.2 Å². The molecule has 0 aliphatic heterocycles. The molecule has 0 bridgehead atoms. The third kappa shape index (κ3) is 6.12. The monoisotopic (exact) mass is 443 g/mol. The Labute approximate surface area is 180 Å². The fourth-order valence-electron chi connectivity index (χ4n) is 2.45. The molecule has 0 radical (unpaired) electrons. The first kappa shape index (κ1) is 21.0. The lowest BCUT2D eigenvalue weighted by Crippen LogP contribution is -2.35. The molecule has 0 heterocycles. The second-order valence-electron chi connectivity index (χ2n) is 6.02. The molecule has 0 unspecified atom stereocenters. The highest BCUT2D eigenvalue weighted by molar-refractivity contribution is 7.91. The Morgan fingerprint density at radius 1 is 0.897 bits per heavy atom. The number of hydrogen-bond acceptors (Lipinski definition) is 4. The van der Waals surface area contributed by atoms with Gasteiger partial charge >= 0.3 is 0 Å². The quantitative estimate of drug-likeness (QED) is 0.345. The van der Waals surface area contributed by atoms with Crippen LogP contribution in [0.25, 0.3) is 0 Å². The van der Waals surface area contributed by atoms with Gasteiger partial charge in [0.25, 0.3) is 0 Å². The molecule has 0 saturated carbocycles. The van der Waals surface area contributed by atoms with Crippen LogP contribution >= 0.6 is 23.8 Å². The first-order valence-corrected chi connectivity index (χ1v) is 11.1. The van der Waals surface area contributed by atoms with E-state index >= 15 is 0 Å². The molecule has 0 atom stereocenters. The van der Waals surface area contributed by atoms with Gasteiger partial charge in [0, 0.05) is 16.3 Å². The highest BCUT2D eigenvalue weighted by Crippen LogP contribution is 2.14. The number of aliphatic imine (C=N–C) groups is 1.